The van der Waals surface area contributed by atoms with E-state index in [0.29, 0.717) is 17.5 Å². The molecule has 0 bridgehead atoms. The molecule has 2 aromatic heterocycles. The molecule has 2 heterocycles. The minimum absolute atomic E-state index is 0.0340. The number of benzene rings is 1. The second-order valence-electron chi connectivity index (χ2n) is 7.73. The van der Waals surface area contributed by atoms with Crippen molar-refractivity contribution in [2.24, 2.45) is 0 Å². The number of rotatable bonds is 10. The molecule has 0 saturated carbocycles. The Labute approximate surface area is 188 Å². The van der Waals surface area contributed by atoms with Crippen LogP contribution in [0.5, 0.6) is 5.75 Å². The molecule has 0 saturated heterocycles. The van der Waals surface area contributed by atoms with Gasteiger partial charge < -0.3 is 24.4 Å². The molecule has 32 heavy (non-hydrogen) atoms. The molecular formula is C24H32N4O4. The number of anilines is 1. The summed E-state index contributed by atoms with van der Waals surface area (Å²) in [6.07, 6.45) is -0.177. The monoisotopic (exact) mass is 440 g/mol. The lowest BCUT2D eigenvalue weighted by molar-refractivity contribution is 0.0531. The molecule has 172 valence electrons. The molecule has 0 fully saturated rings. The molecule has 0 unspecified atom stereocenters. The van der Waals surface area contributed by atoms with Gasteiger partial charge in [0.1, 0.15) is 24.3 Å². The molecule has 0 aliphatic carbocycles. The molecule has 3 rings (SSSR count). The highest BCUT2D eigenvalue weighted by atomic mass is 16.5. The van der Waals surface area contributed by atoms with Crippen molar-refractivity contribution in [3.05, 3.63) is 41.1 Å². The van der Waals surface area contributed by atoms with Crippen molar-refractivity contribution in [2.45, 2.75) is 47.1 Å². The van der Waals surface area contributed by atoms with E-state index in [2.05, 4.69) is 33.9 Å². The number of ether oxygens (including phenoxy) is 1. The lowest BCUT2D eigenvalue weighted by Crippen LogP contribution is -2.23. The van der Waals surface area contributed by atoms with E-state index in [1.165, 1.54) is 0 Å². The average molecular weight is 441 g/mol. The Bertz CT molecular complexity index is 1050. The smallest absolute Gasteiger partial charge is 0.258 e. The Balaban J connectivity index is 1.92. The van der Waals surface area contributed by atoms with Crippen molar-refractivity contribution in [2.75, 3.05) is 31.2 Å². The van der Waals surface area contributed by atoms with E-state index >= 15 is 0 Å². The third-order valence-electron chi connectivity index (χ3n) is 5.32. The van der Waals surface area contributed by atoms with Crippen LogP contribution in [0.2, 0.25) is 0 Å². The van der Waals surface area contributed by atoms with Crippen molar-refractivity contribution in [3.8, 4) is 28.6 Å². The summed E-state index contributed by atoms with van der Waals surface area (Å²) in [5.41, 5.74) is 4.43. The summed E-state index contributed by atoms with van der Waals surface area (Å²) < 4.78 is 11.4. The Morgan fingerprint density at radius 1 is 1.03 bits per heavy atom. The molecule has 2 N–H and O–H groups in total. The van der Waals surface area contributed by atoms with Gasteiger partial charge in [-0.15, -0.1) is 0 Å². The van der Waals surface area contributed by atoms with Crippen LogP contribution in [0.4, 0.5) is 5.82 Å². The van der Waals surface area contributed by atoms with Crippen molar-refractivity contribution in [1.82, 2.24) is 15.1 Å². The van der Waals surface area contributed by atoms with Crippen LogP contribution in [0, 0.1) is 13.8 Å². The highest BCUT2D eigenvalue weighted by molar-refractivity contribution is 5.65. The number of pyridine rings is 1. The summed E-state index contributed by atoms with van der Waals surface area (Å²) in [6, 6.07) is 7.83. The van der Waals surface area contributed by atoms with Gasteiger partial charge in [0, 0.05) is 29.9 Å². The van der Waals surface area contributed by atoms with Crippen LogP contribution in [-0.4, -0.2) is 57.7 Å². The SMILES string of the molecule is CCc1cc(-c2noc(-c3cc(C)nc(N(CC)CC)c3)n2)cc(C)c1OC[C@H](O)CO. The number of aliphatic hydroxyl groups excluding tert-OH is 2. The predicted octanol–water partition coefficient (Wildman–Crippen LogP) is 3.56. The van der Waals surface area contributed by atoms with Gasteiger partial charge in [-0.1, -0.05) is 12.1 Å². The lowest BCUT2D eigenvalue weighted by atomic mass is 10.0. The van der Waals surface area contributed by atoms with Crippen LogP contribution >= 0.6 is 0 Å². The number of hydrogen-bond acceptors (Lipinski definition) is 8. The second kappa shape index (κ2) is 10.6. The Kier molecular flexibility index (Phi) is 7.82. The van der Waals surface area contributed by atoms with E-state index < -0.39 is 6.10 Å². The zero-order chi connectivity index (χ0) is 23.3. The maximum atomic E-state index is 9.61. The third kappa shape index (κ3) is 5.26. The highest BCUT2D eigenvalue weighted by Gasteiger charge is 2.17. The molecule has 0 aliphatic rings. The van der Waals surface area contributed by atoms with Crippen molar-refractivity contribution < 1.29 is 19.5 Å². The molecule has 8 nitrogen and oxygen atoms in total. The summed E-state index contributed by atoms with van der Waals surface area (Å²) >= 11 is 0. The number of aromatic nitrogens is 3. The van der Waals surface area contributed by atoms with Gasteiger partial charge in [-0.05, 0) is 69.5 Å². The van der Waals surface area contributed by atoms with Gasteiger partial charge in [0.05, 0.1) is 6.61 Å². The van der Waals surface area contributed by atoms with Crippen LogP contribution in [0.1, 0.15) is 37.6 Å². The van der Waals surface area contributed by atoms with Crippen LogP contribution < -0.4 is 9.64 Å². The van der Waals surface area contributed by atoms with Crippen LogP contribution in [0.3, 0.4) is 0 Å². The quantitative estimate of drug-likeness (QED) is 0.493. The normalized spacial score (nSPS) is 12.1. The first-order chi connectivity index (χ1) is 15.4. The first-order valence-corrected chi connectivity index (χ1v) is 11.0. The largest absolute Gasteiger partial charge is 0.490 e. The molecule has 0 aliphatic heterocycles. The maximum absolute atomic E-state index is 9.61. The molecule has 3 aromatic rings. The van der Waals surface area contributed by atoms with E-state index in [9.17, 15) is 5.11 Å². The van der Waals surface area contributed by atoms with Gasteiger partial charge in [0.15, 0.2) is 0 Å². The highest BCUT2D eigenvalue weighted by Crippen LogP contribution is 2.32. The third-order valence-corrected chi connectivity index (χ3v) is 5.32. The molecule has 1 atom stereocenters. The van der Waals surface area contributed by atoms with Crippen LogP contribution in [0.25, 0.3) is 22.8 Å². The first kappa shape index (κ1) is 23.7. The number of aliphatic hydroxyl groups is 2. The predicted molar refractivity (Wildman–Crippen MR) is 124 cm³/mol. The average Bonchev–Trinajstić information content (AvgIpc) is 3.28. The summed E-state index contributed by atoms with van der Waals surface area (Å²) in [6.45, 7) is 11.6. The summed E-state index contributed by atoms with van der Waals surface area (Å²) in [5.74, 6) is 2.54. The topological polar surface area (TPSA) is 105 Å². The molecule has 1 aromatic carbocycles. The number of aryl methyl sites for hydroxylation is 3. The molecule has 0 spiro atoms. The minimum Gasteiger partial charge on any atom is -0.490 e. The molecular weight excluding hydrogens is 408 g/mol. The Hall–Kier alpha value is -2.97. The van der Waals surface area contributed by atoms with Crippen LogP contribution in [0.15, 0.2) is 28.8 Å². The van der Waals surface area contributed by atoms with Crippen molar-refractivity contribution in [3.63, 3.8) is 0 Å². The van der Waals surface area contributed by atoms with E-state index in [0.717, 1.165) is 53.3 Å². The van der Waals surface area contributed by atoms with Gasteiger partial charge in [-0.25, -0.2) is 4.98 Å². The Morgan fingerprint density at radius 2 is 1.78 bits per heavy atom. The molecule has 8 heteroatoms. The zero-order valence-corrected chi connectivity index (χ0v) is 19.4. The van der Waals surface area contributed by atoms with E-state index in [1.807, 2.05) is 45.0 Å². The Morgan fingerprint density at radius 3 is 2.44 bits per heavy atom. The van der Waals surface area contributed by atoms with Crippen molar-refractivity contribution in [1.29, 1.82) is 0 Å². The maximum Gasteiger partial charge on any atom is 0.258 e. The van der Waals surface area contributed by atoms with Gasteiger partial charge in [0.25, 0.3) is 5.89 Å². The zero-order valence-electron chi connectivity index (χ0n) is 19.4. The van der Waals surface area contributed by atoms with Gasteiger partial charge in [-0.3, -0.25) is 0 Å². The van der Waals surface area contributed by atoms with E-state index in [-0.39, 0.29) is 13.2 Å². The fourth-order valence-corrected chi connectivity index (χ4v) is 3.62. The number of nitrogens with zero attached hydrogens (tertiary/aromatic N) is 4. The van der Waals surface area contributed by atoms with Gasteiger partial charge in [-0.2, -0.15) is 4.98 Å². The second-order valence-corrected chi connectivity index (χ2v) is 7.73. The molecule has 0 amide bonds. The standard InChI is InChI=1S/C24H32N4O4/c1-6-17-11-18(9-15(4)22(17)31-14-20(30)13-29)23-26-24(32-27-23)19-10-16(5)25-21(12-19)28(7-2)8-3/h9-12,20,29-30H,6-8,13-14H2,1-5H3/t20-/m1/s1. The van der Waals surface area contributed by atoms with Crippen LogP contribution in [-0.2, 0) is 6.42 Å². The fourth-order valence-electron chi connectivity index (χ4n) is 3.62. The lowest BCUT2D eigenvalue weighted by Gasteiger charge is -2.20. The summed E-state index contributed by atoms with van der Waals surface area (Å²) in [4.78, 5) is 11.5. The van der Waals surface area contributed by atoms with E-state index in [4.69, 9.17) is 14.4 Å². The van der Waals surface area contributed by atoms with Gasteiger partial charge >= 0.3 is 0 Å². The van der Waals surface area contributed by atoms with Crippen molar-refractivity contribution >= 4 is 5.82 Å². The molecule has 0 radical (unpaired) electrons. The summed E-state index contributed by atoms with van der Waals surface area (Å²) in [5, 5.41) is 22.8. The fraction of sp³-hybridized carbons (Fsp3) is 0.458. The first-order valence-electron chi connectivity index (χ1n) is 11.0. The summed E-state index contributed by atoms with van der Waals surface area (Å²) in [7, 11) is 0. The van der Waals surface area contributed by atoms with E-state index in [1.54, 1.807) is 0 Å². The van der Waals surface area contributed by atoms with Gasteiger partial charge in [0.2, 0.25) is 5.82 Å². The minimum atomic E-state index is -0.913. The number of hydrogen-bond donors (Lipinski definition) is 2.